The fourth-order valence-electron chi connectivity index (χ4n) is 5.51. The number of halogens is 1. The zero-order valence-corrected chi connectivity index (χ0v) is 24.2. The van der Waals surface area contributed by atoms with Gasteiger partial charge in [0.2, 0.25) is 11.9 Å². The van der Waals surface area contributed by atoms with Gasteiger partial charge in [-0.3, -0.25) is 9.78 Å². The largest absolute Gasteiger partial charge is 0.390 e. The van der Waals surface area contributed by atoms with E-state index in [9.17, 15) is 15.0 Å². The number of carbonyl (C=O) groups is 1. The zero-order valence-electron chi connectivity index (χ0n) is 22.6. The van der Waals surface area contributed by atoms with Crippen LogP contribution in [0.1, 0.15) is 56.3 Å². The van der Waals surface area contributed by atoms with Crippen LogP contribution in [0.15, 0.2) is 12.3 Å². The highest BCUT2D eigenvalue weighted by Gasteiger charge is 2.46. The predicted molar refractivity (Wildman–Crippen MR) is 154 cm³/mol. The van der Waals surface area contributed by atoms with Crippen molar-refractivity contribution in [2.75, 3.05) is 24.7 Å². The van der Waals surface area contributed by atoms with E-state index in [-0.39, 0.29) is 30.8 Å². The third kappa shape index (κ3) is 5.41. The maximum Gasteiger partial charge on any atom is 0.227 e. The molecule has 1 amide bonds. The van der Waals surface area contributed by atoms with Crippen LogP contribution in [0.3, 0.4) is 0 Å². The molecular weight excluding hydrogens is 538 g/mol. The number of nitrogens with one attached hydrogen (secondary N) is 2. The molecule has 3 aromatic rings. The molecule has 0 radical (unpaired) electrons. The first-order valence-corrected chi connectivity index (χ1v) is 14.3. The predicted octanol–water partition coefficient (Wildman–Crippen LogP) is 3.58. The lowest BCUT2D eigenvalue weighted by atomic mass is 10.0. The molecule has 39 heavy (non-hydrogen) atoms. The Morgan fingerprint density at radius 1 is 1.15 bits per heavy atom. The highest BCUT2D eigenvalue weighted by atomic mass is 35.5. The number of carbonyl (C=O) groups excluding carboxylic acids is 1. The highest BCUT2D eigenvalue weighted by molar-refractivity contribution is 7.21. The maximum absolute atomic E-state index is 13.0. The molecule has 0 spiro atoms. The number of anilines is 2. The second-order valence-corrected chi connectivity index (χ2v) is 12.3. The Hall–Kier alpha value is -2.60. The van der Waals surface area contributed by atoms with Crippen molar-refractivity contribution in [3.8, 4) is 10.6 Å². The minimum atomic E-state index is -1.12. The van der Waals surface area contributed by atoms with Crippen molar-refractivity contribution in [3.63, 3.8) is 0 Å². The summed E-state index contributed by atoms with van der Waals surface area (Å²) in [5.74, 6) is 1.33. The molecule has 3 aromatic heterocycles. The summed E-state index contributed by atoms with van der Waals surface area (Å²) in [4.78, 5) is 33.8. The lowest BCUT2D eigenvalue weighted by molar-refractivity contribution is -0.133. The average molecular weight is 574 g/mol. The molecule has 4 N–H and O–H groups in total. The minimum absolute atomic E-state index is 0. The van der Waals surface area contributed by atoms with E-state index in [2.05, 4.69) is 22.5 Å². The Morgan fingerprint density at radius 2 is 1.90 bits per heavy atom. The standard InChI is InChI=1S/C27H35N7O3S.ClH/c1-12(14-5-6-14)29-27-30-13(2)19(25-32-22-18(38-25)9-10-28-20(22)15-7-8-15)24(33-27)31-21-16(26(37)34(3)4)11-17(35)23(21)36;/h9-10,12,14-17,21,23,35-36H,5-8,11H2,1-4H3,(H2,29,30,31,33);1H/t12-,16-,17-,21-,23-;/m1./s1. The maximum atomic E-state index is 13.0. The van der Waals surface area contributed by atoms with Crippen molar-refractivity contribution in [2.24, 2.45) is 11.8 Å². The second kappa shape index (κ2) is 10.8. The van der Waals surface area contributed by atoms with Crippen molar-refractivity contribution < 1.29 is 15.0 Å². The molecule has 0 saturated heterocycles. The number of aliphatic hydroxyl groups is 2. The fraction of sp³-hybridized carbons (Fsp3) is 0.593. The van der Waals surface area contributed by atoms with Gasteiger partial charge in [0.15, 0.2) is 0 Å². The van der Waals surface area contributed by atoms with Crippen LogP contribution in [-0.4, -0.2) is 79.3 Å². The van der Waals surface area contributed by atoms with Gasteiger partial charge in [-0.2, -0.15) is 4.98 Å². The van der Waals surface area contributed by atoms with Gasteiger partial charge in [0, 0.05) is 32.3 Å². The van der Waals surface area contributed by atoms with Crippen LogP contribution in [0.5, 0.6) is 0 Å². The molecule has 12 heteroatoms. The van der Waals surface area contributed by atoms with Gasteiger partial charge in [-0.15, -0.1) is 23.7 Å². The van der Waals surface area contributed by atoms with Crippen LogP contribution in [0, 0.1) is 18.8 Å². The lowest BCUT2D eigenvalue weighted by Gasteiger charge is -2.27. The summed E-state index contributed by atoms with van der Waals surface area (Å²) in [6, 6.07) is 1.52. The molecule has 0 bridgehead atoms. The second-order valence-electron chi connectivity index (χ2n) is 11.3. The smallest absolute Gasteiger partial charge is 0.227 e. The van der Waals surface area contributed by atoms with Gasteiger partial charge < -0.3 is 25.7 Å². The molecule has 5 atom stereocenters. The summed E-state index contributed by atoms with van der Waals surface area (Å²) < 4.78 is 1.06. The summed E-state index contributed by atoms with van der Waals surface area (Å²) in [5, 5.41) is 29.0. The van der Waals surface area contributed by atoms with Crippen LogP contribution in [-0.2, 0) is 4.79 Å². The van der Waals surface area contributed by atoms with E-state index in [0.29, 0.717) is 23.6 Å². The number of pyridine rings is 1. The number of hydrogen-bond acceptors (Lipinski definition) is 10. The van der Waals surface area contributed by atoms with E-state index < -0.39 is 24.2 Å². The number of aromatic nitrogens is 4. The number of fused-ring (bicyclic) bond motifs is 1. The molecule has 210 valence electrons. The van der Waals surface area contributed by atoms with Crippen LogP contribution >= 0.6 is 23.7 Å². The normalized spacial score (nSPS) is 25.3. The Labute approximate surface area is 238 Å². The molecular formula is C27H36ClN7O3S. The van der Waals surface area contributed by atoms with Crippen LogP contribution in [0.4, 0.5) is 11.8 Å². The number of aryl methyl sites for hydroxylation is 1. The zero-order chi connectivity index (χ0) is 26.7. The van der Waals surface area contributed by atoms with Crippen LogP contribution in [0.2, 0.25) is 0 Å². The van der Waals surface area contributed by atoms with Crippen molar-refractivity contribution in [2.45, 2.75) is 76.2 Å². The van der Waals surface area contributed by atoms with Crippen molar-refractivity contribution in [1.82, 2.24) is 24.8 Å². The molecule has 3 saturated carbocycles. The van der Waals surface area contributed by atoms with E-state index in [0.717, 1.165) is 45.0 Å². The lowest BCUT2D eigenvalue weighted by Crippen LogP contribution is -2.43. The van der Waals surface area contributed by atoms with Crippen molar-refractivity contribution in [1.29, 1.82) is 0 Å². The number of amides is 1. The first kappa shape index (κ1) is 27.9. The van der Waals surface area contributed by atoms with Gasteiger partial charge in [0.05, 0.1) is 39.7 Å². The molecule has 3 aliphatic rings. The first-order valence-electron chi connectivity index (χ1n) is 13.5. The molecule has 6 rings (SSSR count). The summed E-state index contributed by atoms with van der Waals surface area (Å²) >= 11 is 1.57. The summed E-state index contributed by atoms with van der Waals surface area (Å²) in [5.41, 5.74) is 3.45. The Bertz CT molecular complexity index is 1380. The fourth-order valence-corrected chi connectivity index (χ4v) is 6.57. The third-order valence-corrected chi connectivity index (χ3v) is 9.08. The SMILES string of the molecule is Cc1nc(N[C@H](C)C2CC2)nc(N[C@H]2[C@H](O)[C@H](O)C[C@H]2C(=O)N(C)C)c1-c1nc2c(C3CC3)nccc2s1.Cl. The van der Waals surface area contributed by atoms with Gasteiger partial charge in [-0.1, -0.05) is 0 Å². The number of rotatable bonds is 8. The van der Waals surface area contributed by atoms with Crippen molar-refractivity contribution >= 4 is 51.6 Å². The van der Waals surface area contributed by atoms with Crippen LogP contribution in [0.25, 0.3) is 20.8 Å². The van der Waals surface area contributed by atoms with Crippen LogP contribution < -0.4 is 10.6 Å². The molecule has 3 aliphatic carbocycles. The molecule has 0 aliphatic heterocycles. The summed E-state index contributed by atoms with van der Waals surface area (Å²) in [6.45, 7) is 4.07. The van der Waals surface area contributed by atoms with Gasteiger partial charge >= 0.3 is 0 Å². The monoisotopic (exact) mass is 573 g/mol. The van der Waals surface area contributed by atoms with Crippen molar-refractivity contribution in [3.05, 3.63) is 23.7 Å². The van der Waals surface area contributed by atoms with E-state index >= 15 is 0 Å². The molecule has 10 nitrogen and oxygen atoms in total. The minimum Gasteiger partial charge on any atom is -0.390 e. The number of thiazole rings is 1. The average Bonchev–Trinajstić information content (AvgIpc) is 3.80. The quantitative estimate of drug-likeness (QED) is 0.319. The topological polar surface area (TPSA) is 136 Å². The van der Waals surface area contributed by atoms with E-state index in [1.54, 1.807) is 25.4 Å². The first-order chi connectivity index (χ1) is 18.2. The van der Waals surface area contributed by atoms with Gasteiger partial charge in [-0.05, 0) is 57.9 Å². The van der Waals surface area contributed by atoms with Gasteiger partial charge in [-0.25, -0.2) is 9.97 Å². The summed E-state index contributed by atoms with van der Waals surface area (Å²) in [6.07, 6.45) is 4.56. The number of hydrogen-bond donors (Lipinski definition) is 4. The third-order valence-electron chi connectivity index (χ3n) is 8.04. The molecule has 0 unspecified atom stereocenters. The Morgan fingerprint density at radius 3 is 2.56 bits per heavy atom. The molecule has 3 heterocycles. The molecule has 0 aromatic carbocycles. The summed E-state index contributed by atoms with van der Waals surface area (Å²) in [7, 11) is 3.37. The van der Waals surface area contributed by atoms with E-state index in [4.69, 9.17) is 15.0 Å². The van der Waals surface area contributed by atoms with E-state index in [1.807, 2.05) is 19.2 Å². The number of nitrogens with zero attached hydrogens (tertiary/aromatic N) is 5. The highest BCUT2D eigenvalue weighted by Crippen LogP contribution is 2.45. The Balaban J connectivity index is 0.00000308. The van der Waals surface area contributed by atoms with Gasteiger partial charge in [0.1, 0.15) is 22.4 Å². The van der Waals surface area contributed by atoms with Gasteiger partial charge in [0.25, 0.3) is 0 Å². The van der Waals surface area contributed by atoms with E-state index in [1.165, 1.54) is 17.7 Å². The Kier molecular flexibility index (Phi) is 7.71. The molecule has 3 fully saturated rings. The number of aliphatic hydroxyl groups excluding tert-OH is 2.